The van der Waals surface area contributed by atoms with Gasteiger partial charge in [0.2, 0.25) is 0 Å². The summed E-state index contributed by atoms with van der Waals surface area (Å²) < 4.78 is 0. The molecular weight excluding hydrogens is 148 g/mol. The van der Waals surface area contributed by atoms with Gasteiger partial charge in [0, 0.05) is 17.3 Å². The average Bonchev–Trinajstić information content (AvgIpc) is 2.49. The summed E-state index contributed by atoms with van der Waals surface area (Å²) in [6.07, 6.45) is 1.92. The van der Waals surface area contributed by atoms with Crippen molar-refractivity contribution in [3.8, 4) is 0 Å². The molecule has 0 aromatic carbocycles. The predicted molar refractivity (Wildman–Crippen MR) is 50.2 cm³/mol. The van der Waals surface area contributed by atoms with Crippen LogP contribution in [0.1, 0.15) is 25.5 Å². The van der Waals surface area contributed by atoms with Gasteiger partial charge in [-0.25, -0.2) is 4.98 Å². The first-order chi connectivity index (χ1) is 5.77. The third-order valence-electron chi connectivity index (χ3n) is 2.02. The smallest absolute Gasteiger partial charge is 0.137 e. The van der Waals surface area contributed by atoms with Gasteiger partial charge in [-0.3, -0.25) is 0 Å². The van der Waals surface area contributed by atoms with Gasteiger partial charge >= 0.3 is 0 Å². The molecule has 12 heavy (non-hydrogen) atoms. The molecule has 1 N–H and O–H groups in total. The number of aromatic nitrogens is 2. The monoisotopic (exact) mass is 160 g/mol. The fourth-order valence-corrected chi connectivity index (χ4v) is 1.27. The van der Waals surface area contributed by atoms with Gasteiger partial charge in [-0.05, 0) is 24.1 Å². The fourth-order valence-electron chi connectivity index (χ4n) is 1.27. The van der Waals surface area contributed by atoms with Crippen molar-refractivity contribution in [2.24, 2.45) is 0 Å². The second-order valence-electron chi connectivity index (χ2n) is 3.31. The third kappa shape index (κ3) is 1.09. The summed E-state index contributed by atoms with van der Waals surface area (Å²) in [5, 5.41) is 1.18. The van der Waals surface area contributed by atoms with Crippen molar-refractivity contribution in [3.05, 3.63) is 30.1 Å². The standard InChI is InChI=1S/C10H12N2/c1-7(2)9-4-3-8-5-6-11-10(8)12-9/h3-7H,1-2H3,(H,11,12). The number of fused-ring (bicyclic) bond motifs is 1. The van der Waals surface area contributed by atoms with Crippen LogP contribution in [0.5, 0.6) is 0 Å². The molecule has 0 spiro atoms. The van der Waals surface area contributed by atoms with E-state index in [0.29, 0.717) is 5.92 Å². The topological polar surface area (TPSA) is 28.7 Å². The zero-order valence-electron chi connectivity index (χ0n) is 7.33. The Kier molecular flexibility index (Phi) is 1.61. The Labute approximate surface area is 71.6 Å². The fraction of sp³-hybridized carbons (Fsp3) is 0.300. The third-order valence-corrected chi connectivity index (χ3v) is 2.02. The van der Waals surface area contributed by atoms with Crippen LogP contribution in [0, 0.1) is 0 Å². The maximum atomic E-state index is 4.48. The van der Waals surface area contributed by atoms with Crippen LogP contribution in [0.4, 0.5) is 0 Å². The number of hydrogen-bond acceptors (Lipinski definition) is 1. The molecule has 0 amide bonds. The molecule has 2 heterocycles. The lowest BCUT2D eigenvalue weighted by Crippen LogP contribution is -1.91. The lowest BCUT2D eigenvalue weighted by atomic mass is 10.1. The van der Waals surface area contributed by atoms with E-state index in [9.17, 15) is 0 Å². The summed E-state index contributed by atoms with van der Waals surface area (Å²) in [6, 6.07) is 6.22. The van der Waals surface area contributed by atoms with Crippen molar-refractivity contribution in [1.29, 1.82) is 0 Å². The van der Waals surface area contributed by atoms with Crippen LogP contribution in [-0.2, 0) is 0 Å². The first-order valence-corrected chi connectivity index (χ1v) is 4.21. The minimum absolute atomic E-state index is 0.498. The molecule has 2 rings (SSSR count). The lowest BCUT2D eigenvalue weighted by Gasteiger charge is -2.02. The van der Waals surface area contributed by atoms with Crippen molar-refractivity contribution in [2.45, 2.75) is 19.8 Å². The Morgan fingerprint density at radius 1 is 1.25 bits per heavy atom. The second-order valence-corrected chi connectivity index (χ2v) is 3.31. The van der Waals surface area contributed by atoms with Crippen molar-refractivity contribution < 1.29 is 0 Å². The van der Waals surface area contributed by atoms with Crippen LogP contribution in [0.3, 0.4) is 0 Å². The summed E-state index contributed by atoms with van der Waals surface area (Å²) in [5.74, 6) is 0.498. The molecule has 0 radical (unpaired) electrons. The molecule has 0 fully saturated rings. The van der Waals surface area contributed by atoms with Gasteiger partial charge < -0.3 is 4.98 Å². The number of H-pyrrole nitrogens is 1. The molecule has 0 atom stereocenters. The average molecular weight is 160 g/mol. The van der Waals surface area contributed by atoms with Gasteiger partial charge in [-0.1, -0.05) is 13.8 Å². The molecule has 0 bridgehead atoms. The highest BCUT2D eigenvalue weighted by molar-refractivity contribution is 5.75. The zero-order valence-corrected chi connectivity index (χ0v) is 7.33. The van der Waals surface area contributed by atoms with Gasteiger partial charge in [0.25, 0.3) is 0 Å². The van der Waals surface area contributed by atoms with E-state index in [1.807, 2.05) is 12.3 Å². The van der Waals surface area contributed by atoms with Gasteiger partial charge in [-0.15, -0.1) is 0 Å². The largest absolute Gasteiger partial charge is 0.346 e. The van der Waals surface area contributed by atoms with Gasteiger partial charge in [-0.2, -0.15) is 0 Å². The van der Waals surface area contributed by atoms with Gasteiger partial charge in [0.15, 0.2) is 0 Å². The maximum Gasteiger partial charge on any atom is 0.137 e. The number of nitrogens with one attached hydrogen (secondary N) is 1. The summed E-state index contributed by atoms with van der Waals surface area (Å²) >= 11 is 0. The summed E-state index contributed by atoms with van der Waals surface area (Å²) in [5.41, 5.74) is 2.13. The molecule has 62 valence electrons. The number of nitrogens with zero attached hydrogens (tertiary/aromatic N) is 1. The first-order valence-electron chi connectivity index (χ1n) is 4.21. The predicted octanol–water partition coefficient (Wildman–Crippen LogP) is 2.69. The zero-order chi connectivity index (χ0) is 8.55. The molecule has 2 aromatic heterocycles. The molecule has 2 nitrogen and oxygen atoms in total. The minimum Gasteiger partial charge on any atom is -0.346 e. The Morgan fingerprint density at radius 2 is 2.08 bits per heavy atom. The van der Waals surface area contributed by atoms with Crippen molar-refractivity contribution in [1.82, 2.24) is 9.97 Å². The molecule has 0 saturated heterocycles. The van der Waals surface area contributed by atoms with Crippen LogP contribution < -0.4 is 0 Å². The molecule has 0 aliphatic rings. The van der Waals surface area contributed by atoms with E-state index in [1.54, 1.807) is 0 Å². The molecule has 0 unspecified atom stereocenters. The number of pyridine rings is 1. The van der Waals surface area contributed by atoms with Crippen LogP contribution in [0.2, 0.25) is 0 Å². The first kappa shape index (κ1) is 7.35. The lowest BCUT2D eigenvalue weighted by molar-refractivity contribution is 0.828. The number of hydrogen-bond donors (Lipinski definition) is 1. The van der Waals surface area contributed by atoms with Crippen molar-refractivity contribution in [3.63, 3.8) is 0 Å². The quantitative estimate of drug-likeness (QED) is 0.682. The number of rotatable bonds is 1. The van der Waals surface area contributed by atoms with Gasteiger partial charge in [0.05, 0.1) is 0 Å². The van der Waals surface area contributed by atoms with Crippen molar-refractivity contribution >= 4 is 11.0 Å². The highest BCUT2D eigenvalue weighted by Gasteiger charge is 2.01. The van der Waals surface area contributed by atoms with Crippen LogP contribution in [0.25, 0.3) is 11.0 Å². The van der Waals surface area contributed by atoms with E-state index in [2.05, 4.69) is 35.9 Å². The molecule has 2 aromatic rings. The van der Waals surface area contributed by atoms with E-state index in [1.165, 1.54) is 5.39 Å². The van der Waals surface area contributed by atoms with E-state index in [-0.39, 0.29) is 0 Å². The van der Waals surface area contributed by atoms with Gasteiger partial charge in [0.1, 0.15) is 5.65 Å². The summed E-state index contributed by atoms with van der Waals surface area (Å²) in [6.45, 7) is 4.30. The normalized spacial score (nSPS) is 11.2. The highest BCUT2D eigenvalue weighted by Crippen LogP contribution is 2.15. The SMILES string of the molecule is CC(C)c1ccc2cc[nH]c2n1. The number of aromatic amines is 1. The maximum absolute atomic E-state index is 4.48. The summed E-state index contributed by atoms with van der Waals surface area (Å²) in [7, 11) is 0. The minimum atomic E-state index is 0.498. The van der Waals surface area contributed by atoms with E-state index in [0.717, 1.165) is 11.3 Å². The summed E-state index contributed by atoms with van der Waals surface area (Å²) in [4.78, 5) is 7.58. The molecule has 0 aliphatic carbocycles. The Morgan fingerprint density at radius 3 is 2.83 bits per heavy atom. The Balaban J connectivity index is 2.60. The highest BCUT2D eigenvalue weighted by atomic mass is 14.8. The molecule has 2 heteroatoms. The van der Waals surface area contributed by atoms with E-state index < -0.39 is 0 Å². The second kappa shape index (κ2) is 2.63. The van der Waals surface area contributed by atoms with E-state index in [4.69, 9.17) is 0 Å². The van der Waals surface area contributed by atoms with E-state index >= 15 is 0 Å². The van der Waals surface area contributed by atoms with Crippen LogP contribution in [0.15, 0.2) is 24.4 Å². The Bertz CT molecular complexity index is 387. The van der Waals surface area contributed by atoms with Crippen LogP contribution in [-0.4, -0.2) is 9.97 Å². The molecule has 0 saturated carbocycles. The molecule has 0 aliphatic heterocycles. The van der Waals surface area contributed by atoms with Crippen LogP contribution >= 0.6 is 0 Å². The van der Waals surface area contributed by atoms with Crippen molar-refractivity contribution in [2.75, 3.05) is 0 Å². The molecular formula is C10H12N2. The Hall–Kier alpha value is -1.31.